The van der Waals surface area contributed by atoms with Crippen LogP contribution in [0.2, 0.25) is 0 Å². The minimum absolute atomic E-state index is 0.00565. The summed E-state index contributed by atoms with van der Waals surface area (Å²) in [5.41, 5.74) is 4.17. The summed E-state index contributed by atoms with van der Waals surface area (Å²) in [7, 11) is 0. The normalized spacial score (nSPS) is 19.0. The van der Waals surface area contributed by atoms with E-state index >= 15 is 0 Å². The van der Waals surface area contributed by atoms with Gasteiger partial charge in [-0.2, -0.15) is 0 Å². The molecule has 2 heterocycles. The van der Waals surface area contributed by atoms with Crippen molar-refractivity contribution in [2.45, 2.75) is 180 Å². The van der Waals surface area contributed by atoms with Gasteiger partial charge in [0, 0.05) is 64.7 Å². The van der Waals surface area contributed by atoms with Gasteiger partial charge in [0.25, 0.3) is 0 Å². The standard InChI is InChI=1S/C31H44F2N4O3.C27H37F2N3O2.C4H7NO/c1-20(2)35-29(40)37-12-8-11-31(19-37,24-10-7-9-23(16-24)30(4,5)6)34-18-28(39)27(36-21(3)38)15-22-13-25(32)17-26(33)14-22;1-18(33)32-24(13-19-11-22(28)15-23(29)12-19)25(34)16-31-27(9-6-10-30-17-27)21-8-5-7-20(14-21)26(2,3)4;1-4(2)5-3-6/h7,9-10,13-14,16-17,20,27-28,34,39H,8,11-12,15,18-19H2,1-6H3,(H,35,40)(H,36,38);5,7-8,11-12,14-15,24-25,30-31,34H,6,9-10,13,16-17H2,1-4H3,(H,32,33);4H,1-2H3. The number of aliphatic imine (C=N–C) groups is 1. The highest BCUT2D eigenvalue weighted by atomic mass is 19.1. The summed E-state index contributed by atoms with van der Waals surface area (Å²) >= 11 is 0. The molecule has 4 amide bonds. The largest absolute Gasteiger partial charge is 0.390 e. The van der Waals surface area contributed by atoms with Crippen molar-refractivity contribution in [3.63, 3.8) is 0 Å². The number of hydrogen-bond acceptors (Lipinski definition) is 10. The van der Waals surface area contributed by atoms with Gasteiger partial charge in [-0.25, -0.2) is 32.1 Å². The van der Waals surface area contributed by atoms with Crippen molar-refractivity contribution in [1.29, 1.82) is 0 Å². The van der Waals surface area contributed by atoms with Crippen LogP contribution in [0.4, 0.5) is 22.4 Å². The summed E-state index contributed by atoms with van der Waals surface area (Å²) in [5, 5.41) is 41.4. The molecule has 4 aromatic carbocycles. The van der Waals surface area contributed by atoms with Gasteiger partial charge in [0.05, 0.1) is 41.4 Å². The molecule has 0 saturated carbocycles. The highest BCUT2D eigenvalue weighted by Gasteiger charge is 2.41. The van der Waals surface area contributed by atoms with E-state index in [4.69, 9.17) is 0 Å². The highest BCUT2D eigenvalue weighted by molar-refractivity contribution is 5.75. The molecule has 18 heteroatoms. The Hall–Kier alpha value is -6.01. The Labute approximate surface area is 471 Å². The van der Waals surface area contributed by atoms with Gasteiger partial charge in [-0.15, -0.1) is 0 Å². The molecule has 2 saturated heterocycles. The van der Waals surface area contributed by atoms with Crippen molar-refractivity contribution in [3.05, 3.63) is 142 Å². The van der Waals surface area contributed by atoms with Gasteiger partial charge < -0.3 is 47.0 Å². The van der Waals surface area contributed by atoms with E-state index in [9.17, 15) is 47.0 Å². The van der Waals surface area contributed by atoms with Crippen LogP contribution in [0.5, 0.6) is 0 Å². The Morgan fingerprint density at radius 1 is 0.662 bits per heavy atom. The topological polar surface area (TPSA) is 197 Å². The quantitative estimate of drug-likeness (QED) is 0.0273. The number of urea groups is 1. The van der Waals surface area contributed by atoms with Crippen LogP contribution in [-0.4, -0.2) is 115 Å². The molecule has 0 radical (unpaired) electrons. The van der Waals surface area contributed by atoms with Crippen LogP contribution in [0.1, 0.15) is 142 Å². The van der Waals surface area contributed by atoms with Crippen LogP contribution in [0, 0.1) is 23.3 Å². The number of amides is 4. The number of hydrogen-bond donors (Lipinski definition) is 8. The van der Waals surface area contributed by atoms with E-state index in [-0.39, 0.29) is 72.2 Å². The van der Waals surface area contributed by atoms with Gasteiger partial charge in [-0.3, -0.25) is 9.59 Å². The fourth-order valence-corrected chi connectivity index (χ4v) is 10.1. The lowest BCUT2D eigenvalue weighted by Crippen LogP contribution is -2.60. The van der Waals surface area contributed by atoms with Crippen molar-refractivity contribution in [1.82, 2.24) is 36.8 Å². The molecule has 0 spiro atoms. The molecule has 0 aliphatic carbocycles. The number of isocyanates is 1. The SMILES string of the molecule is CC(=O)NC(Cc1cc(F)cc(F)c1)C(O)CNC1(c2cccc(C(C)(C)C)c2)CCCN(C(=O)NC(C)C)C1.CC(=O)NC(Cc1cc(F)cc(F)c1)C(O)CNC1(c2cccc(C(C)(C)C)c2)CCCNC1.CC(C)N=C=O. The first kappa shape index (κ1) is 66.5. The lowest BCUT2D eigenvalue weighted by Gasteiger charge is -2.45. The number of benzene rings is 4. The van der Waals surface area contributed by atoms with E-state index in [2.05, 4.69) is 115 Å². The predicted octanol–water partition coefficient (Wildman–Crippen LogP) is 8.64. The van der Waals surface area contributed by atoms with Crippen LogP contribution < -0.4 is 31.9 Å². The van der Waals surface area contributed by atoms with Gasteiger partial charge in [-0.1, -0.05) is 90.1 Å². The van der Waals surface area contributed by atoms with Crippen molar-refractivity contribution in [3.8, 4) is 0 Å². The number of nitrogens with one attached hydrogen (secondary N) is 6. The van der Waals surface area contributed by atoms with Crippen LogP contribution in [0.25, 0.3) is 0 Å². The molecule has 6 atom stereocenters. The highest BCUT2D eigenvalue weighted by Crippen LogP contribution is 2.36. The number of carbonyl (C=O) groups excluding carboxylic acids is 4. The second-order valence-electron chi connectivity index (χ2n) is 24.0. The lowest BCUT2D eigenvalue weighted by molar-refractivity contribution is -0.121. The third-order valence-electron chi connectivity index (χ3n) is 14.2. The Morgan fingerprint density at radius 2 is 1.10 bits per heavy atom. The monoisotopic (exact) mass is 1120 g/mol. The van der Waals surface area contributed by atoms with Crippen LogP contribution in [0.15, 0.2) is 89.9 Å². The number of piperidine rings is 2. The second-order valence-corrected chi connectivity index (χ2v) is 24.0. The van der Waals surface area contributed by atoms with Gasteiger partial charge >= 0.3 is 6.03 Å². The molecule has 4 aromatic rings. The smallest absolute Gasteiger partial charge is 0.317 e. The van der Waals surface area contributed by atoms with Gasteiger partial charge in [0.15, 0.2) is 0 Å². The lowest BCUT2D eigenvalue weighted by atomic mass is 9.78. The van der Waals surface area contributed by atoms with Crippen LogP contribution in [0.3, 0.4) is 0 Å². The van der Waals surface area contributed by atoms with Crippen molar-refractivity contribution < 1.29 is 47.0 Å². The zero-order valence-corrected chi connectivity index (χ0v) is 49.0. The third kappa shape index (κ3) is 21.1. The first-order valence-corrected chi connectivity index (χ1v) is 27.8. The van der Waals surface area contributed by atoms with E-state index in [0.29, 0.717) is 30.8 Å². The Kier molecular flexibility index (Phi) is 25.1. The first-order chi connectivity index (χ1) is 37.4. The minimum Gasteiger partial charge on any atom is -0.390 e. The van der Waals surface area contributed by atoms with Crippen molar-refractivity contribution in [2.75, 3.05) is 39.3 Å². The predicted molar refractivity (Wildman–Crippen MR) is 307 cm³/mol. The number of carbonyl (C=O) groups is 3. The molecule has 80 heavy (non-hydrogen) atoms. The molecule has 14 nitrogen and oxygen atoms in total. The summed E-state index contributed by atoms with van der Waals surface area (Å²) in [5.74, 6) is -3.48. The molecular weight excluding hydrogens is 1030 g/mol. The number of aliphatic hydroxyl groups excluding tert-OH is 2. The van der Waals surface area contributed by atoms with E-state index in [1.165, 1.54) is 49.8 Å². The number of likely N-dealkylation sites (tertiary alicyclic amines) is 1. The fourth-order valence-electron chi connectivity index (χ4n) is 10.1. The number of aliphatic hydroxyl groups is 2. The van der Waals surface area contributed by atoms with E-state index < -0.39 is 53.1 Å². The zero-order valence-electron chi connectivity index (χ0n) is 49.0. The molecule has 0 aromatic heterocycles. The molecule has 0 bridgehead atoms. The fraction of sp³-hybridized carbons (Fsp3) is 0.548. The summed E-state index contributed by atoms with van der Waals surface area (Å²) in [6.07, 6.45) is 2.95. The molecule has 6 rings (SSSR count). The maximum absolute atomic E-state index is 13.8. The van der Waals surface area contributed by atoms with Crippen molar-refractivity contribution in [2.24, 2.45) is 4.99 Å². The third-order valence-corrected chi connectivity index (χ3v) is 14.2. The average Bonchev–Trinajstić information content (AvgIpc) is 3.36. The summed E-state index contributed by atoms with van der Waals surface area (Å²) in [6, 6.07) is 21.8. The Balaban J connectivity index is 0.000000315. The molecular formula is C62H88F4N8O6. The molecule has 2 aliphatic heterocycles. The van der Waals surface area contributed by atoms with E-state index in [1.807, 2.05) is 39.8 Å². The number of nitrogens with zero attached hydrogens (tertiary/aromatic N) is 2. The van der Waals surface area contributed by atoms with E-state index in [1.54, 1.807) is 4.90 Å². The van der Waals surface area contributed by atoms with Gasteiger partial charge in [0.1, 0.15) is 23.3 Å². The molecule has 2 aliphatic rings. The van der Waals surface area contributed by atoms with Crippen LogP contribution >= 0.6 is 0 Å². The molecule has 6 unspecified atom stereocenters. The Morgan fingerprint density at radius 3 is 1.48 bits per heavy atom. The summed E-state index contributed by atoms with van der Waals surface area (Å²) in [4.78, 5) is 51.2. The number of halogens is 4. The molecule has 440 valence electrons. The molecule has 2 fully saturated rings. The summed E-state index contributed by atoms with van der Waals surface area (Å²) < 4.78 is 55.0. The first-order valence-electron chi connectivity index (χ1n) is 27.8. The van der Waals surface area contributed by atoms with Crippen LogP contribution in [-0.2, 0) is 49.1 Å². The zero-order chi connectivity index (χ0) is 59.6. The average molecular weight is 1120 g/mol. The second kappa shape index (κ2) is 30.2. The maximum atomic E-state index is 13.8. The number of rotatable bonds is 18. The Bertz CT molecular complexity index is 2660. The molecule has 8 N–H and O–H groups in total. The van der Waals surface area contributed by atoms with Gasteiger partial charge in [0.2, 0.25) is 17.9 Å². The summed E-state index contributed by atoms with van der Waals surface area (Å²) in [6.45, 7) is 26.1. The van der Waals surface area contributed by atoms with Gasteiger partial charge in [-0.05, 0) is 141 Å². The van der Waals surface area contributed by atoms with Crippen molar-refractivity contribution >= 4 is 23.9 Å². The minimum atomic E-state index is -1.07. The maximum Gasteiger partial charge on any atom is 0.317 e. The van der Waals surface area contributed by atoms with E-state index in [0.717, 1.165) is 61.1 Å².